The number of amides is 1. The molecule has 1 unspecified atom stereocenters. The minimum absolute atomic E-state index is 0.00733. The molecule has 1 atom stereocenters. The van der Waals surface area contributed by atoms with Crippen LogP contribution in [0.3, 0.4) is 0 Å². The van der Waals surface area contributed by atoms with Crippen molar-refractivity contribution >= 4 is 11.6 Å². The zero-order valence-corrected chi connectivity index (χ0v) is 22.7. The van der Waals surface area contributed by atoms with Gasteiger partial charge in [-0.15, -0.1) is 5.10 Å². The quantitative estimate of drug-likeness (QED) is 0.146. The number of hydrogen-bond donors (Lipinski definition) is 4. The number of methoxy groups -OCH3 is 1. The highest BCUT2D eigenvalue weighted by atomic mass is 19.1. The zero-order chi connectivity index (χ0) is 29.2. The van der Waals surface area contributed by atoms with Crippen molar-refractivity contribution in [2.75, 3.05) is 20.3 Å². The van der Waals surface area contributed by atoms with Gasteiger partial charge >= 0.3 is 0 Å². The molecule has 4 heterocycles. The monoisotopic (exact) mass is 576 g/mol. The topological polar surface area (TPSA) is 177 Å². The summed E-state index contributed by atoms with van der Waals surface area (Å²) in [7, 11) is 1.34. The van der Waals surface area contributed by atoms with E-state index in [1.165, 1.54) is 35.9 Å². The van der Waals surface area contributed by atoms with E-state index in [2.05, 4.69) is 37.3 Å². The number of nitrogens with zero attached hydrogens (tertiary/aromatic N) is 7. The van der Waals surface area contributed by atoms with Crippen LogP contribution in [0.2, 0.25) is 0 Å². The molecule has 2 aliphatic rings. The Morgan fingerprint density at radius 2 is 2.17 bits per heavy atom. The Bertz CT molecular complexity index is 1650. The first-order chi connectivity index (χ1) is 20.5. The number of carbonyl (C=O) groups is 1. The molecule has 2 fully saturated rings. The second-order valence-electron chi connectivity index (χ2n) is 10.2. The van der Waals surface area contributed by atoms with Crippen LogP contribution < -0.4 is 15.4 Å². The SMILES string of the molecule is COc1ccc(-n2cnnn2)c(CNC(=O)/C(=C/NCc2cn3cc(C4CC4)cc(C(O)C4COC4)c3n2)N=N)c1F. The molecule has 3 aromatic heterocycles. The first-order valence-electron chi connectivity index (χ1n) is 13.4. The summed E-state index contributed by atoms with van der Waals surface area (Å²) in [6, 6.07) is 5.06. The molecule has 4 aromatic rings. The van der Waals surface area contributed by atoms with Crippen LogP contribution in [0.5, 0.6) is 5.75 Å². The third-order valence-corrected chi connectivity index (χ3v) is 7.43. The maximum atomic E-state index is 15.1. The average molecular weight is 577 g/mol. The van der Waals surface area contributed by atoms with Gasteiger partial charge in [-0.2, -0.15) is 5.11 Å². The summed E-state index contributed by atoms with van der Waals surface area (Å²) in [5, 5.41) is 30.8. The second-order valence-corrected chi connectivity index (χ2v) is 10.2. The molecule has 1 aliphatic heterocycles. The highest BCUT2D eigenvalue weighted by Crippen LogP contribution is 2.42. The molecule has 0 bridgehead atoms. The Balaban J connectivity index is 1.15. The maximum absolute atomic E-state index is 15.1. The lowest BCUT2D eigenvalue weighted by atomic mass is 9.93. The molecule has 15 heteroatoms. The number of aliphatic hydroxyl groups is 1. The van der Waals surface area contributed by atoms with Crippen LogP contribution in [-0.2, 0) is 22.6 Å². The lowest BCUT2D eigenvalue weighted by Crippen LogP contribution is -2.33. The number of nitrogens with one attached hydrogen (secondary N) is 3. The molecule has 1 aliphatic carbocycles. The number of rotatable bonds is 12. The Kier molecular flexibility index (Phi) is 7.58. The summed E-state index contributed by atoms with van der Waals surface area (Å²) >= 11 is 0. The molecule has 6 rings (SSSR count). The summed E-state index contributed by atoms with van der Waals surface area (Å²) in [6.45, 7) is 1.04. The smallest absolute Gasteiger partial charge is 0.273 e. The molecular formula is C27H29FN10O4. The number of halogens is 1. The van der Waals surface area contributed by atoms with Crippen molar-refractivity contribution in [3.8, 4) is 11.4 Å². The van der Waals surface area contributed by atoms with Crippen molar-refractivity contribution in [3.05, 3.63) is 77.0 Å². The number of imidazole rings is 1. The molecule has 1 amide bonds. The summed E-state index contributed by atoms with van der Waals surface area (Å²) < 4.78 is 28.6. The van der Waals surface area contributed by atoms with E-state index in [9.17, 15) is 9.90 Å². The standard InChI is InChI=1S/C27H29FN10O4/c1-41-23-5-4-22(38-14-32-35-36-38)20(24(23)28)8-31-27(40)21(34-29)9-30-7-18-11-37-10-16(15-2-3-15)6-19(26(37)33-18)25(39)17-12-42-13-17/h4-6,9-11,14-15,17,25,29-30,39H,2-3,7-8,12-13H2,1H3,(H,31,40)/b21-9-,34-29?. The largest absolute Gasteiger partial charge is 0.494 e. The van der Waals surface area contributed by atoms with E-state index < -0.39 is 17.8 Å². The van der Waals surface area contributed by atoms with Gasteiger partial charge < -0.3 is 29.6 Å². The first-order valence-corrected chi connectivity index (χ1v) is 13.4. The minimum Gasteiger partial charge on any atom is -0.494 e. The minimum atomic E-state index is -0.695. The van der Waals surface area contributed by atoms with Crippen molar-refractivity contribution < 1.29 is 23.8 Å². The number of aromatic nitrogens is 6. The predicted octanol–water partition coefficient (Wildman–Crippen LogP) is 2.29. The Labute approximate surface area is 239 Å². The van der Waals surface area contributed by atoms with E-state index in [-0.39, 0.29) is 36.0 Å². The molecular weight excluding hydrogens is 547 g/mol. The number of pyridine rings is 1. The Hall–Kier alpha value is -4.76. The lowest BCUT2D eigenvalue weighted by molar-refractivity contribution is -0.117. The van der Waals surface area contributed by atoms with Gasteiger partial charge in [0.2, 0.25) is 0 Å². The van der Waals surface area contributed by atoms with Crippen LogP contribution in [0.1, 0.15) is 47.2 Å². The molecule has 14 nitrogen and oxygen atoms in total. The molecule has 1 saturated heterocycles. The fraction of sp³-hybridized carbons (Fsp3) is 0.370. The van der Waals surface area contributed by atoms with Gasteiger partial charge in [-0.1, -0.05) is 0 Å². The van der Waals surface area contributed by atoms with Gasteiger partial charge in [-0.05, 0) is 52.9 Å². The normalized spacial score (nSPS) is 16.2. The fourth-order valence-electron chi connectivity index (χ4n) is 4.89. The number of aliphatic hydroxyl groups excluding tert-OH is 1. The van der Waals surface area contributed by atoms with Crippen molar-refractivity contribution in [2.24, 2.45) is 11.0 Å². The van der Waals surface area contributed by atoms with Crippen molar-refractivity contribution in [1.29, 1.82) is 5.53 Å². The van der Waals surface area contributed by atoms with Crippen LogP contribution in [0, 0.1) is 17.3 Å². The van der Waals surface area contributed by atoms with Crippen LogP contribution in [0.4, 0.5) is 4.39 Å². The molecule has 1 saturated carbocycles. The number of tetrazole rings is 1. The van der Waals surface area contributed by atoms with Crippen LogP contribution >= 0.6 is 0 Å². The predicted molar refractivity (Wildman–Crippen MR) is 144 cm³/mol. The molecule has 0 spiro atoms. The zero-order valence-electron chi connectivity index (χ0n) is 22.7. The van der Waals surface area contributed by atoms with E-state index >= 15 is 4.39 Å². The molecule has 1 aromatic carbocycles. The third kappa shape index (κ3) is 5.43. The highest BCUT2D eigenvalue weighted by molar-refractivity contribution is 5.92. The van der Waals surface area contributed by atoms with Gasteiger partial charge in [-0.25, -0.2) is 19.6 Å². The Morgan fingerprint density at radius 1 is 1.33 bits per heavy atom. The number of benzene rings is 1. The van der Waals surface area contributed by atoms with E-state index in [1.807, 2.05) is 16.8 Å². The van der Waals surface area contributed by atoms with E-state index in [0.29, 0.717) is 36.2 Å². The molecule has 0 radical (unpaired) electrons. The summed E-state index contributed by atoms with van der Waals surface area (Å²) in [5.74, 6) is -0.840. The summed E-state index contributed by atoms with van der Waals surface area (Å²) in [4.78, 5) is 17.5. The van der Waals surface area contributed by atoms with Crippen LogP contribution in [0.15, 0.2) is 53.9 Å². The van der Waals surface area contributed by atoms with Gasteiger partial charge in [0.1, 0.15) is 12.0 Å². The van der Waals surface area contributed by atoms with Crippen molar-refractivity contribution in [2.45, 2.75) is 38.0 Å². The molecule has 218 valence electrons. The Morgan fingerprint density at radius 3 is 2.83 bits per heavy atom. The number of ether oxygens (including phenoxy) is 2. The van der Waals surface area contributed by atoms with Crippen molar-refractivity contribution in [3.63, 3.8) is 0 Å². The van der Waals surface area contributed by atoms with Gasteiger partial charge in [0.15, 0.2) is 17.3 Å². The maximum Gasteiger partial charge on any atom is 0.273 e. The average Bonchev–Trinajstić information content (AvgIpc) is 3.50. The summed E-state index contributed by atoms with van der Waals surface area (Å²) in [6.07, 6.45) is 8.12. The second kappa shape index (κ2) is 11.6. The number of fused-ring (bicyclic) bond motifs is 1. The highest BCUT2D eigenvalue weighted by Gasteiger charge is 2.32. The van der Waals surface area contributed by atoms with Gasteiger partial charge in [0.25, 0.3) is 5.91 Å². The number of carbonyl (C=O) groups excluding carboxylic acids is 1. The lowest BCUT2D eigenvalue weighted by Gasteiger charge is -2.31. The van der Waals surface area contributed by atoms with Crippen molar-refractivity contribution in [1.82, 2.24) is 40.2 Å². The van der Waals surface area contributed by atoms with E-state index in [1.54, 1.807) is 6.07 Å². The fourth-order valence-corrected chi connectivity index (χ4v) is 4.89. The molecule has 42 heavy (non-hydrogen) atoms. The van der Waals surface area contributed by atoms with E-state index in [4.69, 9.17) is 20.0 Å². The van der Waals surface area contributed by atoms with E-state index in [0.717, 1.165) is 18.4 Å². The van der Waals surface area contributed by atoms with Gasteiger partial charge in [-0.3, -0.25) is 4.79 Å². The number of hydrogen-bond acceptors (Lipinski definition) is 11. The van der Waals surface area contributed by atoms with Crippen LogP contribution in [-0.4, -0.2) is 60.9 Å². The van der Waals surface area contributed by atoms with Crippen LogP contribution in [0.25, 0.3) is 11.3 Å². The summed E-state index contributed by atoms with van der Waals surface area (Å²) in [5.41, 5.74) is 11.0. The molecule has 4 N–H and O–H groups in total. The van der Waals surface area contributed by atoms with Gasteiger partial charge in [0.05, 0.1) is 44.4 Å². The van der Waals surface area contributed by atoms with Gasteiger partial charge in [0, 0.05) is 42.2 Å². The first kappa shape index (κ1) is 27.4. The third-order valence-electron chi connectivity index (χ3n) is 7.43.